The minimum absolute atomic E-state index is 0.0546. The van der Waals surface area contributed by atoms with E-state index in [2.05, 4.69) is 10.3 Å². The Labute approximate surface area is 192 Å². The number of hydrogen-bond acceptors (Lipinski definition) is 4. The Morgan fingerprint density at radius 2 is 1.83 bits per heavy atom. The number of anilines is 1. The van der Waals surface area contributed by atoms with Crippen molar-refractivity contribution < 1.29 is 9.59 Å². The quantitative estimate of drug-likeness (QED) is 0.548. The summed E-state index contributed by atoms with van der Waals surface area (Å²) in [6, 6.07) is 9.67. The zero-order valence-corrected chi connectivity index (χ0v) is 18.9. The number of benzene rings is 2. The first-order chi connectivity index (χ1) is 13.8. The zero-order chi connectivity index (χ0) is 21.1. The van der Waals surface area contributed by atoms with Crippen LogP contribution in [0.4, 0.5) is 11.4 Å². The van der Waals surface area contributed by atoms with Gasteiger partial charge in [-0.25, -0.2) is 4.99 Å². The van der Waals surface area contributed by atoms with Crippen molar-refractivity contribution in [1.82, 2.24) is 4.90 Å². The van der Waals surface area contributed by atoms with Gasteiger partial charge in [0.25, 0.3) is 0 Å². The van der Waals surface area contributed by atoms with Crippen LogP contribution in [0.1, 0.15) is 13.3 Å². The summed E-state index contributed by atoms with van der Waals surface area (Å²) in [6.07, 6.45) is 0.0546. The molecule has 0 saturated carbocycles. The van der Waals surface area contributed by atoms with E-state index in [1.807, 2.05) is 6.92 Å². The fraction of sp³-hybridized carbons (Fsp3) is 0.211. The molecule has 0 aromatic heterocycles. The van der Waals surface area contributed by atoms with Crippen molar-refractivity contribution in [3.05, 3.63) is 56.5 Å². The Bertz CT molecular complexity index is 979. The molecule has 1 N–H and O–H groups in total. The maximum Gasteiger partial charge on any atom is 0.238 e. The third kappa shape index (κ3) is 5.58. The number of halogens is 4. The molecule has 152 valence electrons. The molecule has 1 fully saturated rings. The van der Waals surface area contributed by atoms with E-state index >= 15 is 0 Å². The topological polar surface area (TPSA) is 61.8 Å². The lowest BCUT2D eigenvalue weighted by Gasteiger charge is -2.31. The number of carbonyl (C=O) groups is 2. The summed E-state index contributed by atoms with van der Waals surface area (Å²) in [7, 11) is 0. The van der Waals surface area contributed by atoms with Crippen LogP contribution in [0.5, 0.6) is 0 Å². The van der Waals surface area contributed by atoms with Gasteiger partial charge in [-0.3, -0.25) is 14.5 Å². The Morgan fingerprint density at radius 1 is 1.14 bits per heavy atom. The highest BCUT2D eigenvalue weighted by Crippen LogP contribution is 2.32. The van der Waals surface area contributed by atoms with Gasteiger partial charge in [0.2, 0.25) is 11.8 Å². The number of amidine groups is 1. The minimum Gasteiger partial charge on any atom is -0.325 e. The van der Waals surface area contributed by atoms with Crippen molar-refractivity contribution in [2.75, 3.05) is 11.9 Å². The van der Waals surface area contributed by atoms with E-state index in [-0.39, 0.29) is 18.2 Å². The van der Waals surface area contributed by atoms with Crippen molar-refractivity contribution in [2.24, 2.45) is 4.99 Å². The van der Waals surface area contributed by atoms with E-state index in [0.29, 0.717) is 43.2 Å². The second-order valence-corrected chi connectivity index (χ2v) is 8.95. The maximum atomic E-state index is 12.7. The van der Waals surface area contributed by atoms with Gasteiger partial charge >= 0.3 is 0 Å². The number of aliphatic imine (C=N–C) groups is 1. The van der Waals surface area contributed by atoms with Crippen molar-refractivity contribution >= 4 is 86.5 Å². The molecule has 0 spiro atoms. The molecule has 2 amide bonds. The molecule has 3 rings (SSSR count). The molecule has 1 aliphatic heterocycles. The van der Waals surface area contributed by atoms with Gasteiger partial charge in [-0.15, -0.1) is 0 Å². The lowest BCUT2D eigenvalue weighted by atomic mass is 10.2. The van der Waals surface area contributed by atoms with Crippen LogP contribution in [0.2, 0.25) is 20.1 Å². The number of nitrogens with zero attached hydrogens (tertiary/aromatic N) is 2. The summed E-state index contributed by atoms with van der Waals surface area (Å²) in [4.78, 5) is 31.4. The number of nitrogens with one attached hydrogen (secondary N) is 1. The molecule has 1 saturated heterocycles. The van der Waals surface area contributed by atoms with Gasteiger partial charge in [0.1, 0.15) is 5.25 Å². The van der Waals surface area contributed by atoms with Crippen molar-refractivity contribution in [3.63, 3.8) is 0 Å². The molecule has 1 heterocycles. The highest BCUT2D eigenvalue weighted by molar-refractivity contribution is 8.15. The van der Waals surface area contributed by atoms with Crippen molar-refractivity contribution in [2.45, 2.75) is 18.6 Å². The lowest BCUT2D eigenvalue weighted by Crippen LogP contribution is -2.45. The van der Waals surface area contributed by atoms with Crippen LogP contribution in [0.25, 0.3) is 0 Å². The van der Waals surface area contributed by atoms with Crippen LogP contribution in [-0.2, 0) is 9.59 Å². The van der Waals surface area contributed by atoms with Gasteiger partial charge in [0, 0.05) is 28.7 Å². The summed E-state index contributed by atoms with van der Waals surface area (Å²) in [6.45, 7) is 2.28. The number of carbonyl (C=O) groups excluding carboxylic acids is 2. The highest BCUT2D eigenvalue weighted by atomic mass is 35.5. The SMILES string of the molecule is CCN1C(=O)CC(C(=O)Nc2cc(Cl)cc(Cl)c2)SC1=Nc1ccc(Cl)c(Cl)c1. The molecule has 0 radical (unpaired) electrons. The monoisotopic (exact) mass is 489 g/mol. The molecular formula is C19H15Cl4N3O2S. The Balaban J connectivity index is 1.84. The average Bonchev–Trinajstić information content (AvgIpc) is 2.63. The summed E-state index contributed by atoms with van der Waals surface area (Å²) < 4.78 is 0. The first kappa shape index (κ1) is 22.2. The molecule has 2 aromatic rings. The van der Waals surface area contributed by atoms with Gasteiger partial charge < -0.3 is 5.32 Å². The van der Waals surface area contributed by atoms with E-state index in [1.54, 1.807) is 36.4 Å². The largest absolute Gasteiger partial charge is 0.325 e. The first-order valence-corrected chi connectivity index (χ1v) is 10.9. The van der Waals surface area contributed by atoms with E-state index < -0.39 is 5.25 Å². The molecule has 1 aliphatic rings. The van der Waals surface area contributed by atoms with Crippen LogP contribution < -0.4 is 5.32 Å². The fourth-order valence-corrected chi connectivity index (χ4v) is 4.65. The average molecular weight is 491 g/mol. The second-order valence-electron chi connectivity index (χ2n) is 6.09. The Morgan fingerprint density at radius 3 is 2.45 bits per heavy atom. The molecule has 0 bridgehead atoms. The van der Waals surface area contributed by atoms with Crippen LogP contribution in [0, 0.1) is 0 Å². The number of rotatable bonds is 4. The Kier molecular flexibility index (Phi) is 7.35. The molecule has 10 heteroatoms. The third-order valence-corrected chi connectivity index (χ3v) is 6.37. The van der Waals surface area contributed by atoms with Crippen LogP contribution in [0.3, 0.4) is 0 Å². The van der Waals surface area contributed by atoms with E-state index in [4.69, 9.17) is 46.4 Å². The summed E-state index contributed by atoms with van der Waals surface area (Å²) in [5, 5.41) is 4.10. The molecule has 5 nitrogen and oxygen atoms in total. The molecule has 29 heavy (non-hydrogen) atoms. The first-order valence-electron chi connectivity index (χ1n) is 8.54. The minimum atomic E-state index is -0.649. The molecular weight excluding hydrogens is 476 g/mol. The van der Waals surface area contributed by atoms with Crippen molar-refractivity contribution in [3.8, 4) is 0 Å². The van der Waals surface area contributed by atoms with E-state index in [1.165, 1.54) is 16.7 Å². The van der Waals surface area contributed by atoms with Crippen LogP contribution >= 0.6 is 58.2 Å². The highest BCUT2D eigenvalue weighted by Gasteiger charge is 2.35. The number of hydrogen-bond donors (Lipinski definition) is 1. The van der Waals surface area contributed by atoms with Crippen LogP contribution in [0.15, 0.2) is 41.4 Å². The van der Waals surface area contributed by atoms with Gasteiger partial charge in [0.15, 0.2) is 5.17 Å². The Hall–Kier alpha value is -1.44. The summed E-state index contributed by atoms with van der Waals surface area (Å²) >= 11 is 25.2. The predicted octanol–water partition coefficient (Wildman–Crippen LogP) is 6.28. The second kappa shape index (κ2) is 9.58. The zero-order valence-electron chi connectivity index (χ0n) is 15.1. The van der Waals surface area contributed by atoms with Gasteiger partial charge in [-0.1, -0.05) is 58.2 Å². The van der Waals surface area contributed by atoms with Crippen molar-refractivity contribution in [1.29, 1.82) is 0 Å². The molecule has 1 unspecified atom stereocenters. The standard InChI is InChI=1S/C19H15Cl4N3O2S/c1-2-26-17(27)9-16(18(28)24-13-6-10(20)5-11(21)7-13)29-19(26)25-12-3-4-14(22)15(23)8-12/h3-8,16H,2,9H2,1H3,(H,24,28). The smallest absolute Gasteiger partial charge is 0.238 e. The normalized spacial score (nSPS) is 18.2. The third-order valence-electron chi connectivity index (χ3n) is 4.01. The predicted molar refractivity (Wildman–Crippen MR) is 122 cm³/mol. The lowest BCUT2D eigenvalue weighted by molar-refractivity contribution is -0.129. The molecule has 0 aliphatic carbocycles. The molecule has 1 atom stereocenters. The summed E-state index contributed by atoms with van der Waals surface area (Å²) in [5.74, 6) is -0.520. The van der Waals surface area contributed by atoms with Gasteiger partial charge in [-0.05, 0) is 43.3 Å². The van der Waals surface area contributed by atoms with E-state index in [0.717, 1.165) is 0 Å². The fourth-order valence-electron chi connectivity index (χ4n) is 2.67. The molecule has 2 aromatic carbocycles. The number of amides is 2. The number of thioether (sulfide) groups is 1. The van der Waals surface area contributed by atoms with Crippen LogP contribution in [-0.4, -0.2) is 33.7 Å². The van der Waals surface area contributed by atoms with Gasteiger partial charge in [-0.2, -0.15) is 0 Å². The summed E-state index contributed by atoms with van der Waals surface area (Å²) in [5.41, 5.74) is 0.997. The maximum absolute atomic E-state index is 12.7. The van der Waals surface area contributed by atoms with E-state index in [9.17, 15) is 9.59 Å². The van der Waals surface area contributed by atoms with Gasteiger partial charge in [0.05, 0.1) is 15.7 Å².